The van der Waals surface area contributed by atoms with Crippen LogP contribution in [0.2, 0.25) is 0 Å². The van der Waals surface area contributed by atoms with Crippen molar-refractivity contribution < 1.29 is 4.74 Å². The fourth-order valence-electron chi connectivity index (χ4n) is 2.89. The summed E-state index contributed by atoms with van der Waals surface area (Å²) in [6.07, 6.45) is 2.60. The van der Waals surface area contributed by atoms with Gasteiger partial charge in [-0.2, -0.15) is 4.98 Å². The summed E-state index contributed by atoms with van der Waals surface area (Å²) in [6.45, 7) is 1.65. The second kappa shape index (κ2) is 5.51. The van der Waals surface area contributed by atoms with E-state index in [1.807, 2.05) is 24.3 Å². The molecule has 0 bridgehead atoms. The Hall–Kier alpha value is -2.67. The summed E-state index contributed by atoms with van der Waals surface area (Å²) in [7, 11) is 1.65. The van der Waals surface area contributed by atoms with Gasteiger partial charge in [-0.05, 0) is 30.7 Å². The molecule has 1 atom stereocenters. The van der Waals surface area contributed by atoms with Crippen molar-refractivity contribution in [2.24, 2.45) is 5.73 Å². The van der Waals surface area contributed by atoms with Crippen LogP contribution in [0.5, 0.6) is 5.75 Å². The molecule has 1 aliphatic rings. The molecule has 2 aromatic heterocycles. The van der Waals surface area contributed by atoms with E-state index in [1.54, 1.807) is 13.4 Å². The minimum Gasteiger partial charge on any atom is -0.497 e. The highest BCUT2D eigenvalue weighted by atomic mass is 16.5. The van der Waals surface area contributed by atoms with E-state index in [0.29, 0.717) is 11.6 Å². The summed E-state index contributed by atoms with van der Waals surface area (Å²) in [5.41, 5.74) is 9.34. The van der Waals surface area contributed by atoms with Crippen LogP contribution in [0.25, 0.3) is 22.4 Å². The number of aromatic nitrogens is 4. The number of H-pyrrole nitrogens is 1. The average Bonchev–Trinajstić information content (AvgIpc) is 3.22. The summed E-state index contributed by atoms with van der Waals surface area (Å²) in [5.74, 6) is 1.50. The zero-order chi connectivity index (χ0) is 15.8. The van der Waals surface area contributed by atoms with E-state index in [0.717, 1.165) is 42.0 Å². The van der Waals surface area contributed by atoms with Gasteiger partial charge in [0.05, 0.1) is 13.4 Å². The quantitative estimate of drug-likeness (QED) is 0.762. The molecule has 1 saturated heterocycles. The van der Waals surface area contributed by atoms with Crippen molar-refractivity contribution in [3.63, 3.8) is 0 Å². The number of rotatable bonds is 3. The molecule has 118 valence electrons. The number of fused-ring (bicyclic) bond motifs is 1. The summed E-state index contributed by atoms with van der Waals surface area (Å²) < 4.78 is 5.22. The number of ether oxygens (including phenoxy) is 1. The van der Waals surface area contributed by atoms with E-state index in [9.17, 15) is 0 Å². The van der Waals surface area contributed by atoms with Crippen molar-refractivity contribution in [2.75, 3.05) is 25.1 Å². The highest BCUT2D eigenvalue weighted by Crippen LogP contribution is 2.28. The van der Waals surface area contributed by atoms with E-state index in [1.165, 1.54) is 0 Å². The van der Waals surface area contributed by atoms with Crippen molar-refractivity contribution in [1.82, 2.24) is 19.9 Å². The summed E-state index contributed by atoms with van der Waals surface area (Å²) in [6, 6.07) is 8.00. The zero-order valence-electron chi connectivity index (χ0n) is 12.9. The number of methoxy groups -OCH3 is 1. The van der Waals surface area contributed by atoms with Crippen LogP contribution < -0.4 is 15.4 Å². The lowest BCUT2D eigenvalue weighted by Gasteiger charge is -2.16. The lowest BCUT2D eigenvalue weighted by Crippen LogP contribution is -2.27. The summed E-state index contributed by atoms with van der Waals surface area (Å²) in [5, 5.41) is 0. The van der Waals surface area contributed by atoms with Crippen LogP contribution in [-0.2, 0) is 0 Å². The topological polar surface area (TPSA) is 92.9 Å². The van der Waals surface area contributed by atoms with E-state index >= 15 is 0 Å². The first-order valence-corrected chi connectivity index (χ1v) is 7.60. The van der Waals surface area contributed by atoms with Crippen LogP contribution in [-0.4, -0.2) is 46.2 Å². The first-order chi connectivity index (χ1) is 11.2. The largest absolute Gasteiger partial charge is 0.497 e. The molecule has 1 aromatic carbocycles. The Kier molecular flexibility index (Phi) is 3.34. The molecule has 0 aliphatic carbocycles. The maximum Gasteiger partial charge on any atom is 0.228 e. The van der Waals surface area contributed by atoms with E-state index in [4.69, 9.17) is 15.5 Å². The average molecular weight is 310 g/mol. The maximum atomic E-state index is 6.00. The molecule has 1 fully saturated rings. The molecule has 1 unspecified atom stereocenters. The Morgan fingerprint density at radius 1 is 1.26 bits per heavy atom. The fourth-order valence-corrected chi connectivity index (χ4v) is 2.89. The van der Waals surface area contributed by atoms with Crippen LogP contribution in [0, 0.1) is 0 Å². The Bertz CT molecular complexity index is 828. The molecular weight excluding hydrogens is 292 g/mol. The molecule has 0 amide bonds. The predicted octanol–water partition coefficient (Wildman–Crippen LogP) is 1.57. The number of imidazole rings is 1. The number of anilines is 1. The minimum absolute atomic E-state index is 0.179. The molecule has 0 saturated carbocycles. The van der Waals surface area contributed by atoms with Crippen molar-refractivity contribution >= 4 is 17.1 Å². The van der Waals surface area contributed by atoms with Crippen molar-refractivity contribution in [2.45, 2.75) is 12.5 Å². The Labute approximate surface area is 133 Å². The monoisotopic (exact) mass is 310 g/mol. The van der Waals surface area contributed by atoms with E-state index < -0.39 is 0 Å². The van der Waals surface area contributed by atoms with Crippen molar-refractivity contribution in [1.29, 1.82) is 0 Å². The predicted molar refractivity (Wildman–Crippen MR) is 88.5 cm³/mol. The molecule has 3 heterocycles. The van der Waals surface area contributed by atoms with Gasteiger partial charge in [0, 0.05) is 24.7 Å². The van der Waals surface area contributed by atoms with Crippen LogP contribution in [0.15, 0.2) is 30.6 Å². The van der Waals surface area contributed by atoms with Crippen LogP contribution in [0.3, 0.4) is 0 Å². The number of aromatic amines is 1. The standard InChI is InChI=1S/C16H18N6O/c1-23-12-4-2-10(3-5-12)13-14-15(19-9-18-14)21-16(20-13)22-7-6-11(17)8-22/h2-5,9,11H,6-8,17H2,1H3,(H,18,19,20,21). The third-order valence-electron chi connectivity index (χ3n) is 4.14. The molecule has 3 aromatic rings. The van der Waals surface area contributed by atoms with Gasteiger partial charge in [-0.1, -0.05) is 0 Å². The van der Waals surface area contributed by atoms with Gasteiger partial charge in [0.2, 0.25) is 5.95 Å². The molecule has 0 spiro atoms. The smallest absolute Gasteiger partial charge is 0.228 e. The number of benzene rings is 1. The van der Waals surface area contributed by atoms with Gasteiger partial charge in [-0.25, -0.2) is 9.97 Å². The van der Waals surface area contributed by atoms with Gasteiger partial charge >= 0.3 is 0 Å². The summed E-state index contributed by atoms with van der Waals surface area (Å²) in [4.78, 5) is 18.9. The lowest BCUT2D eigenvalue weighted by molar-refractivity contribution is 0.415. The third-order valence-corrected chi connectivity index (χ3v) is 4.14. The Morgan fingerprint density at radius 3 is 2.78 bits per heavy atom. The summed E-state index contributed by atoms with van der Waals surface area (Å²) >= 11 is 0. The molecule has 0 radical (unpaired) electrons. The maximum absolute atomic E-state index is 6.00. The fraction of sp³-hybridized carbons (Fsp3) is 0.312. The number of nitrogens with one attached hydrogen (secondary N) is 1. The van der Waals surface area contributed by atoms with Crippen molar-refractivity contribution in [3.05, 3.63) is 30.6 Å². The first-order valence-electron chi connectivity index (χ1n) is 7.60. The molecule has 1 aliphatic heterocycles. The van der Waals surface area contributed by atoms with Crippen LogP contribution in [0.1, 0.15) is 6.42 Å². The molecule has 23 heavy (non-hydrogen) atoms. The highest BCUT2D eigenvalue weighted by molar-refractivity contribution is 5.88. The first kappa shape index (κ1) is 14.0. The van der Waals surface area contributed by atoms with Crippen LogP contribution in [0.4, 0.5) is 5.95 Å². The zero-order valence-corrected chi connectivity index (χ0v) is 12.9. The van der Waals surface area contributed by atoms with Gasteiger partial charge in [0.25, 0.3) is 0 Å². The van der Waals surface area contributed by atoms with E-state index in [-0.39, 0.29) is 6.04 Å². The second-order valence-corrected chi connectivity index (χ2v) is 5.70. The SMILES string of the molecule is COc1ccc(-c2nc(N3CCC(N)C3)nc3nc[nH]c23)cc1. The lowest BCUT2D eigenvalue weighted by atomic mass is 10.1. The van der Waals surface area contributed by atoms with Gasteiger partial charge in [-0.15, -0.1) is 0 Å². The number of hydrogen-bond acceptors (Lipinski definition) is 6. The molecule has 7 nitrogen and oxygen atoms in total. The van der Waals surface area contributed by atoms with Crippen LogP contribution >= 0.6 is 0 Å². The van der Waals surface area contributed by atoms with Gasteiger partial charge in [0.15, 0.2) is 5.65 Å². The number of nitrogens with two attached hydrogens (primary N) is 1. The second-order valence-electron chi connectivity index (χ2n) is 5.70. The minimum atomic E-state index is 0.179. The highest BCUT2D eigenvalue weighted by Gasteiger charge is 2.23. The number of hydrogen-bond donors (Lipinski definition) is 2. The Morgan fingerprint density at radius 2 is 2.09 bits per heavy atom. The van der Waals surface area contributed by atoms with Gasteiger partial charge in [0.1, 0.15) is 17.0 Å². The van der Waals surface area contributed by atoms with Crippen molar-refractivity contribution in [3.8, 4) is 17.0 Å². The Balaban J connectivity index is 1.82. The van der Waals surface area contributed by atoms with Gasteiger partial charge < -0.3 is 20.4 Å². The molecular formula is C16H18N6O. The normalized spacial score (nSPS) is 17.8. The van der Waals surface area contributed by atoms with Gasteiger partial charge in [-0.3, -0.25) is 0 Å². The van der Waals surface area contributed by atoms with E-state index in [2.05, 4.69) is 19.9 Å². The molecule has 7 heteroatoms. The third kappa shape index (κ3) is 2.49. The molecule has 4 rings (SSSR count). The molecule has 3 N–H and O–H groups in total. The number of nitrogens with zero attached hydrogens (tertiary/aromatic N) is 4.